The number of carboxylic acid groups (broad SMARTS) is 1. The van der Waals surface area contributed by atoms with E-state index in [0.29, 0.717) is 36.7 Å². The van der Waals surface area contributed by atoms with Crippen molar-refractivity contribution >= 4 is 27.6 Å². The second-order valence-corrected chi connectivity index (χ2v) is 9.85. The Kier molecular flexibility index (Phi) is 4.41. The molecule has 146 valence electrons. The Hall–Kier alpha value is -2.09. The van der Waals surface area contributed by atoms with Gasteiger partial charge in [-0.15, -0.1) is 0 Å². The number of rotatable bonds is 4. The fraction of sp³-hybridized carbons (Fsp3) is 0.579. The minimum Gasteiger partial charge on any atom is -0.481 e. The summed E-state index contributed by atoms with van der Waals surface area (Å²) < 4.78 is 25.3. The number of hydrogen-bond donors (Lipinski definition) is 1. The lowest BCUT2D eigenvalue weighted by Crippen LogP contribution is -2.35. The fourth-order valence-electron chi connectivity index (χ4n) is 4.48. The molecule has 0 aromatic heterocycles. The van der Waals surface area contributed by atoms with Gasteiger partial charge in [-0.05, 0) is 61.3 Å². The molecule has 1 aromatic rings. The Morgan fingerprint density at radius 2 is 1.93 bits per heavy atom. The predicted octanol–water partition coefficient (Wildman–Crippen LogP) is 1.58. The average Bonchev–Trinajstić information content (AvgIpc) is 3.37. The van der Waals surface area contributed by atoms with Crippen LogP contribution in [0.5, 0.6) is 0 Å². The van der Waals surface area contributed by atoms with Crippen LogP contribution in [-0.4, -0.2) is 56.2 Å². The van der Waals surface area contributed by atoms with E-state index in [1.807, 2.05) is 0 Å². The van der Waals surface area contributed by atoms with E-state index in [-0.39, 0.29) is 18.4 Å². The van der Waals surface area contributed by atoms with Gasteiger partial charge < -0.3 is 10.0 Å². The standard InChI is InChI=1S/C19H24N2O5S/c1-27(25,26)21-8-2-3-13-9-14(6-7-17(13)21)18(22)20-10-15(12-4-5-12)16(11-20)19(23)24/h6-7,9,12,15-16H,2-5,8,10-11H2,1H3,(H,23,24)/t15-,16+/m1/s1. The van der Waals surface area contributed by atoms with Gasteiger partial charge in [0.1, 0.15) is 0 Å². The first kappa shape index (κ1) is 18.3. The third kappa shape index (κ3) is 3.42. The summed E-state index contributed by atoms with van der Waals surface area (Å²) in [6.45, 7) is 1.20. The number of benzene rings is 1. The van der Waals surface area contributed by atoms with Crippen molar-refractivity contribution in [3.63, 3.8) is 0 Å². The number of aryl methyl sites for hydroxylation is 1. The Bertz CT molecular complexity index is 893. The van der Waals surface area contributed by atoms with Gasteiger partial charge >= 0.3 is 5.97 Å². The summed E-state index contributed by atoms with van der Waals surface area (Å²) in [4.78, 5) is 26.2. The van der Waals surface area contributed by atoms with Crippen LogP contribution in [0.1, 0.15) is 35.2 Å². The Morgan fingerprint density at radius 1 is 1.19 bits per heavy atom. The zero-order chi connectivity index (χ0) is 19.3. The first-order valence-corrected chi connectivity index (χ1v) is 11.2. The second kappa shape index (κ2) is 6.51. The summed E-state index contributed by atoms with van der Waals surface area (Å²) in [6.07, 6.45) is 4.74. The van der Waals surface area contributed by atoms with Crippen LogP contribution in [-0.2, 0) is 21.2 Å². The van der Waals surface area contributed by atoms with Crippen molar-refractivity contribution in [2.45, 2.75) is 25.7 Å². The summed E-state index contributed by atoms with van der Waals surface area (Å²) in [6, 6.07) is 5.13. The first-order valence-electron chi connectivity index (χ1n) is 9.38. The Balaban J connectivity index is 1.57. The van der Waals surface area contributed by atoms with E-state index in [9.17, 15) is 23.1 Å². The van der Waals surface area contributed by atoms with Crippen LogP contribution in [0, 0.1) is 17.8 Å². The first-order chi connectivity index (χ1) is 12.8. The fourth-order valence-corrected chi connectivity index (χ4v) is 5.48. The van der Waals surface area contributed by atoms with Crippen LogP contribution < -0.4 is 4.31 Å². The number of carbonyl (C=O) groups excluding carboxylic acids is 1. The van der Waals surface area contributed by atoms with E-state index in [1.165, 1.54) is 10.6 Å². The molecule has 0 bridgehead atoms. The second-order valence-electron chi connectivity index (χ2n) is 7.94. The van der Waals surface area contributed by atoms with Crippen molar-refractivity contribution in [1.29, 1.82) is 0 Å². The van der Waals surface area contributed by atoms with Crippen LogP contribution in [0.25, 0.3) is 0 Å². The molecule has 8 heteroatoms. The number of nitrogens with zero attached hydrogens (tertiary/aromatic N) is 2. The van der Waals surface area contributed by atoms with E-state index in [1.54, 1.807) is 23.1 Å². The quantitative estimate of drug-likeness (QED) is 0.839. The molecule has 1 saturated carbocycles. The van der Waals surface area contributed by atoms with Crippen molar-refractivity contribution in [2.75, 3.05) is 30.2 Å². The monoisotopic (exact) mass is 392 g/mol. The van der Waals surface area contributed by atoms with E-state index in [2.05, 4.69) is 0 Å². The molecule has 2 atom stereocenters. The number of amides is 1. The van der Waals surface area contributed by atoms with Gasteiger partial charge in [0.05, 0.1) is 17.9 Å². The largest absolute Gasteiger partial charge is 0.481 e. The molecule has 0 spiro atoms. The van der Waals surface area contributed by atoms with Gasteiger partial charge in [-0.2, -0.15) is 0 Å². The van der Waals surface area contributed by atoms with Crippen molar-refractivity contribution in [1.82, 2.24) is 4.90 Å². The lowest BCUT2D eigenvalue weighted by atomic mass is 9.92. The molecule has 0 radical (unpaired) electrons. The minimum atomic E-state index is -3.34. The molecule has 1 aliphatic carbocycles. The number of fused-ring (bicyclic) bond motifs is 1. The van der Waals surface area contributed by atoms with E-state index < -0.39 is 21.9 Å². The molecule has 27 heavy (non-hydrogen) atoms. The Morgan fingerprint density at radius 3 is 2.56 bits per heavy atom. The molecule has 1 amide bonds. The van der Waals surface area contributed by atoms with Gasteiger partial charge in [0.2, 0.25) is 10.0 Å². The number of anilines is 1. The highest BCUT2D eigenvalue weighted by molar-refractivity contribution is 7.92. The van der Waals surface area contributed by atoms with Crippen molar-refractivity contribution in [3.05, 3.63) is 29.3 Å². The third-order valence-electron chi connectivity index (χ3n) is 6.00. The van der Waals surface area contributed by atoms with Crippen LogP contribution in [0.15, 0.2) is 18.2 Å². The average molecular weight is 392 g/mol. The highest BCUT2D eigenvalue weighted by Gasteiger charge is 2.47. The highest BCUT2D eigenvalue weighted by Crippen LogP contribution is 2.44. The number of likely N-dealkylation sites (tertiary alicyclic amines) is 1. The molecular formula is C19H24N2O5S. The van der Waals surface area contributed by atoms with Gasteiger partial charge in [-0.25, -0.2) is 8.42 Å². The van der Waals surface area contributed by atoms with Crippen LogP contribution in [0.3, 0.4) is 0 Å². The maximum absolute atomic E-state index is 13.0. The van der Waals surface area contributed by atoms with Crippen molar-refractivity contribution in [2.24, 2.45) is 17.8 Å². The molecule has 1 N–H and O–H groups in total. The maximum Gasteiger partial charge on any atom is 0.308 e. The highest BCUT2D eigenvalue weighted by atomic mass is 32.2. The zero-order valence-corrected chi connectivity index (χ0v) is 16.1. The van der Waals surface area contributed by atoms with Gasteiger partial charge in [0.25, 0.3) is 5.91 Å². The summed E-state index contributed by atoms with van der Waals surface area (Å²) in [7, 11) is -3.34. The molecule has 1 saturated heterocycles. The molecule has 3 aliphatic rings. The van der Waals surface area contributed by atoms with E-state index >= 15 is 0 Å². The number of aliphatic carboxylic acids is 1. The molecule has 2 heterocycles. The lowest BCUT2D eigenvalue weighted by molar-refractivity contribution is -0.142. The number of sulfonamides is 1. The molecule has 7 nitrogen and oxygen atoms in total. The molecule has 1 aromatic carbocycles. The lowest BCUT2D eigenvalue weighted by Gasteiger charge is -2.29. The van der Waals surface area contributed by atoms with Crippen LogP contribution >= 0.6 is 0 Å². The maximum atomic E-state index is 13.0. The van der Waals surface area contributed by atoms with Crippen LogP contribution in [0.4, 0.5) is 5.69 Å². The summed E-state index contributed by atoms with van der Waals surface area (Å²) in [5, 5.41) is 9.49. The SMILES string of the molecule is CS(=O)(=O)N1CCCc2cc(C(=O)N3C[C@H](C(=O)O)[C@@H](C4CC4)C3)ccc21. The number of carbonyl (C=O) groups is 2. The molecular weight excluding hydrogens is 368 g/mol. The normalized spacial score (nSPS) is 25.4. The van der Waals surface area contributed by atoms with Gasteiger partial charge in [0, 0.05) is 25.2 Å². The third-order valence-corrected chi connectivity index (χ3v) is 7.18. The number of hydrogen-bond acceptors (Lipinski definition) is 4. The molecule has 4 rings (SSSR count). The number of carboxylic acids is 1. The summed E-state index contributed by atoms with van der Waals surface area (Å²) in [5.41, 5.74) is 2.00. The molecule has 0 unspecified atom stereocenters. The Labute approximate surface area is 159 Å². The van der Waals surface area contributed by atoms with Crippen LogP contribution in [0.2, 0.25) is 0 Å². The van der Waals surface area contributed by atoms with Gasteiger partial charge in [-0.3, -0.25) is 13.9 Å². The van der Waals surface area contributed by atoms with Crippen molar-refractivity contribution in [3.8, 4) is 0 Å². The smallest absolute Gasteiger partial charge is 0.308 e. The minimum absolute atomic E-state index is 0.0461. The topological polar surface area (TPSA) is 95.0 Å². The molecule has 2 fully saturated rings. The summed E-state index contributed by atoms with van der Waals surface area (Å²) >= 11 is 0. The van der Waals surface area contributed by atoms with Crippen molar-refractivity contribution < 1.29 is 23.1 Å². The zero-order valence-electron chi connectivity index (χ0n) is 15.3. The van der Waals surface area contributed by atoms with Gasteiger partial charge in [-0.1, -0.05) is 0 Å². The van der Waals surface area contributed by atoms with Gasteiger partial charge in [0.15, 0.2) is 0 Å². The summed E-state index contributed by atoms with van der Waals surface area (Å²) in [5.74, 6) is -1.000. The van der Waals surface area contributed by atoms with E-state index in [4.69, 9.17) is 0 Å². The van der Waals surface area contributed by atoms with E-state index in [0.717, 1.165) is 24.8 Å². The molecule has 2 aliphatic heterocycles. The predicted molar refractivity (Wildman–Crippen MR) is 100 cm³/mol.